The second kappa shape index (κ2) is 8.18. The molecule has 1 aliphatic rings. The number of benzene rings is 1. The Morgan fingerprint density at radius 2 is 1.92 bits per heavy atom. The van der Waals surface area contributed by atoms with Gasteiger partial charge in [-0.3, -0.25) is 9.59 Å². The van der Waals surface area contributed by atoms with E-state index in [-0.39, 0.29) is 23.0 Å². The van der Waals surface area contributed by atoms with Crippen LogP contribution >= 0.6 is 0 Å². The van der Waals surface area contributed by atoms with Gasteiger partial charge in [0.1, 0.15) is 0 Å². The largest absolute Gasteiger partial charge is 0.481 e. The SMILES string of the molecule is Cc1ccc(C(=O)N(C)CC(C)C(=O)O)cc1S(=O)(=O)NC1CCCC1. The molecule has 8 heteroatoms. The number of nitrogens with one attached hydrogen (secondary N) is 1. The number of carboxylic acids is 1. The predicted octanol–water partition coefficient (Wildman–Crippen LogP) is 2.01. The molecule has 1 aromatic rings. The molecule has 1 unspecified atom stereocenters. The quantitative estimate of drug-likeness (QED) is 0.751. The maximum absolute atomic E-state index is 12.7. The summed E-state index contributed by atoms with van der Waals surface area (Å²) in [6.45, 7) is 3.25. The summed E-state index contributed by atoms with van der Waals surface area (Å²) in [5.74, 6) is -2.10. The van der Waals surface area contributed by atoms with Crippen LogP contribution in [0.25, 0.3) is 0 Å². The Bertz CT molecular complexity index is 785. The first-order valence-corrected chi connectivity index (χ1v) is 10.2. The van der Waals surface area contributed by atoms with Crippen LogP contribution in [0.5, 0.6) is 0 Å². The van der Waals surface area contributed by atoms with Crippen LogP contribution in [0, 0.1) is 12.8 Å². The van der Waals surface area contributed by atoms with Crippen molar-refractivity contribution in [2.24, 2.45) is 5.92 Å². The minimum Gasteiger partial charge on any atom is -0.481 e. The second-order valence-electron chi connectivity index (χ2n) is 7.01. The molecule has 1 atom stereocenters. The van der Waals surface area contributed by atoms with Gasteiger partial charge in [-0.15, -0.1) is 0 Å². The molecule has 0 radical (unpaired) electrons. The number of carbonyl (C=O) groups excluding carboxylic acids is 1. The van der Waals surface area contributed by atoms with Crippen LogP contribution in [-0.4, -0.2) is 49.9 Å². The van der Waals surface area contributed by atoms with E-state index in [1.165, 1.54) is 24.9 Å². The van der Waals surface area contributed by atoms with Crippen molar-refractivity contribution in [3.8, 4) is 0 Å². The first kappa shape index (κ1) is 20.4. The van der Waals surface area contributed by atoms with E-state index in [0.29, 0.717) is 5.56 Å². The molecule has 0 saturated heterocycles. The number of hydrogen-bond acceptors (Lipinski definition) is 4. The number of sulfonamides is 1. The zero-order valence-electron chi connectivity index (χ0n) is 15.4. The first-order chi connectivity index (χ1) is 12.1. The van der Waals surface area contributed by atoms with Crippen LogP contribution < -0.4 is 4.72 Å². The van der Waals surface area contributed by atoms with Gasteiger partial charge in [0.15, 0.2) is 0 Å². The van der Waals surface area contributed by atoms with E-state index >= 15 is 0 Å². The third-order valence-electron chi connectivity index (χ3n) is 4.72. The van der Waals surface area contributed by atoms with Gasteiger partial charge in [0, 0.05) is 25.2 Å². The van der Waals surface area contributed by atoms with E-state index in [1.54, 1.807) is 19.1 Å². The van der Waals surface area contributed by atoms with E-state index in [0.717, 1.165) is 25.7 Å². The molecule has 2 rings (SSSR count). The Balaban J connectivity index is 2.22. The number of aliphatic carboxylic acids is 1. The van der Waals surface area contributed by atoms with Gasteiger partial charge in [-0.2, -0.15) is 0 Å². The third kappa shape index (κ3) is 4.82. The van der Waals surface area contributed by atoms with E-state index in [9.17, 15) is 18.0 Å². The number of amides is 1. The Kier molecular flexibility index (Phi) is 6.41. The molecule has 2 N–H and O–H groups in total. The van der Waals surface area contributed by atoms with E-state index < -0.39 is 27.8 Å². The highest BCUT2D eigenvalue weighted by molar-refractivity contribution is 7.89. The fraction of sp³-hybridized carbons (Fsp3) is 0.556. The summed E-state index contributed by atoms with van der Waals surface area (Å²) in [5.41, 5.74) is 0.788. The Morgan fingerprint density at radius 3 is 2.50 bits per heavy atom. The van der Waals surface area contributed by atoms with E-state index in [1.807, 2.05) is 0 Å². The predicted molar refractivity (Wildman–Crippen MR) is 97.5 cm³/mol. The van der Waals surface area contributed by atoms with Gasteiger partial charge < -0.3 is 10.0 Å². The van der Waals surface area contributed by atoms with Crippen molar-refractivity contribution in [3.05, 3.63) is 29.3 Å². The summed E-state index contributed by atoms with van der Waals surface area (Å²) in [6.07, 6.45) is 3.67. The fourth-order valence-corrected chi connectivity index (χ4v) is 4.72. The minimum atomic E-state index is -3.71. The zero-order valence-corrected chi connectivity index (χ0v) is 16.2. The van der Waals surface area contributed by atoms with Gasteiger partial charge in [-0.1, -0.05) is 25.8 Å². The number of hydrogen-bond donors (Lipinski definition) is 2. The van der Waals surface area contributed by atoms with E-state index in [4.69, 9.17) is 5.11 Å². The molecule has 7 nitrogen and oxygen atoms in total. The highest BCUT2D eigenvalue weighted by Gasteiger charge is 2.26. The monoisotopic (exact) mass is 382 g/mol. The van der Waals surface area contributed by atoms with Crippen LogP contribution in [0.2, 0.25) is 0 Å². The van der Waals surface area contributed by atoms with Crippen LogP contribution in [0.1, 0.15) is 48.5 Å². The third-order valence-corrected chi connectivity index (χ3v) is 6.38. The summed E-state index contributed by atoms with van der Waals surface area (Å²) in [5, 5.41) is 8.98. The molecule has 1 fully saturated rings. The van der Waals surface area contributed by atoms with E-state index in [2.05, 4.69) is 4.72 Å². The van der Waals surface area contributed by atoms with Gasteiger partial charge in [-0.25, -0.2) is 13.1 Å². The summed E-state index contributed by atoms with van der Waals surface area (Å²) in [6, 6.07) is 4.48. The number of nitrogens with zero attached hydrogens (tertiary/aromatic N) is 1. The molecular formula is C18H26N2O5S. The van der Waals surface area contributed by atoms with Crippen molar-refractivity contribution in [1.82, 2.24) is 9.62 Å². The molecule has 1 saturated carbocycles. The van der Waals surface area contributed by atoms with Gasteiger partial charge in [0.2, 0.25) is 10.0 Å². The molecule has 0 spiro atoms. The first-order valence-electron chi connectivity index (χ1n) is 8.73. The molecule has 1 amide bonds. The summed E-state index contributed by atoms with van der Waals surface area (Å²) in [7, 11) is -2.20. The number of carboxylic acid groups (broad SMARTS) is 1. The summed E-state index contributed by atoms with van der Waals surface area (Å²) < 4.78 is 28.1. The number of aryl methyl sites for hydroxylation is 1. The number of carbonyl (C=O) groups is 2. The average Bonchev–Trinajstić information content (AvgIpc) is 3.06. The molecular weight excluding hydrogens is 356 g/mol. The molecule has 144 valence electrons. The maximum atomic E-state index is 12.7. The topological polar surface area (TPSA) is 104 Å². The Labute approximate surface area is 154 Å². The summed E-state index contributed by atoms with van der Waals surface area (Å²) >= 11 is 0. The molecule has 1 aliphatic carbocycles. The highest BCUT2D eigenvalue weighted by Crippen LogP contribution is 2.23. The molecule has 0 aliphatic heterocycles. The lowest BCUT2D eigenvalue weighted by Crippen LogP contribution is -2.35. The van der Waals surface area contributed by atoms with Crippen LogP contribution in [0.3, 0.4) is 0 Å². The normalized spacial score (nSPS) is 16.4. The van der Waals surface area contributed by atoms with Crippen molar-refractivity contribution in [2.75, 3.05) is 13.6 Å². The van der Waals surface area contributed by atoms with Crippen LogP contribution in [0.15, 0.2) is 23.1 Å². The van der Waals surface area contributed by atoms with Gasteiger partial charge in [0.05, 0.1) is 10.8 Å². The average molecular weight is 382 g/mol. The van der Waals surface area contributed by atoms with Gasteiger partial charge in [-0.05, 0) is 37.5 Å². The van der Waals surface area contributed by atoms with Crippen molar-refractivity contribution < 1.29 is 23.1 Å². The lowest BCUT2D eigenvalue weighted by molar-refractivity contribution is -0.141. The lowest BCUT2D eigenvalue weighted by Gasteiger charge is -2.20. The molecule has 0 bridgehead atoms. The molecule has 0 aromatic heterocycles. The molecule has 26 heavy (non-hydrogen) atoms. The van der Waals surface area contributed by atoms with Crippen molar-refractivity contribution in [2.45, 2.75) is 50.5 Å². The maximum Gasteiger partial charge on any atom is 0.308 e. The van der Waals surface area contributed by atoms with Crippen molar-refractivity contribution in [3.63, 3.8) is 0 Å². The van der Waals surface area contributed by atoms with Gasteiger partial charge >= 0.3 is 5.97 Å². The van der Waals surface area contributed by atoms with Crippen LogP contribution in [-0.2, 0) is 14.8 Å². The minimum absolute atomic E-state index is 0.0461. The zero-order chi connectivity index (χ0) is 19.5. The summed E-state index contributed by atoms with van der Waals surface area (Å²) in [4.78, 5) is 24.9. The highest BCUT2D eigenvalue weighted by atomic mass is 32.2. The fourth-order valence-electron chi connectivity index (χ4n) is 3.14. The lowest BCUT2D eigenvalue weighted by atomic mass is 10.1. The molecule has 1 aromatic carbocycles. The van der Waals surface area contributed by atoms with Crippen molar-refractivity contribution in [1.29, 1.82) is 0 Å². The second-order valence-corrected chi connectivity index (χ2v) is 8.69. The van der Waals surface area contributed by atoms with Crippen molar-refractivity contribution >= 4 is 21.9 Å². The standard InChI is InChI=1S/C18H26N2O5S/c1-12-8-9-14(17(21)20(3)11-13(2)18(22)23)10-16(12)26(24,25)19-15-6-4-5-7-15/h8-10,13,15,19H,4-7,11H2,1-3H3,(H,22,23). The molecule has 0 heterocycles. The Hall–Kier alpha value is -1.93. The smallest absolute Gasteiger partial charge is 0.308 e. The Morgan fingerprint density at radius 1 is 1.31 bits per heavy atom. The van der Waals surface area contributed by atoms with Crippen LogP contribution in [0.4, 0.5) is 0 Å². The number of rotatable bonds is 7. The van der Waals surface area contributed by atoms with Gasteiger partial charge in [0.25, 0.3) is 5.91 Å².